The van der Waals surface area contributed by atoms with Gasteiger partial charge >= 0.3 is 0 Å². The molecule has 1 aliphatic rings. The van der Waals surface area contributed by atoms with Crippen molar-refractivity contribution in [2.24, 2.45) is 5.73 Å². The molecule has 2 aromatic carbocycles. The lowest BCUT2D eigenvalue weighted by Gasteiger charge is -2.24. The van der Waals surface area contributed by atoms with Gasteiger partial charge in [-0.3, -0.25) is 14.5 Å². The number of carbonyl (C=O) groups excluding carboxylic acids is 2. The summed E-state index contributed by atoms with van der Waals surface area (Å²) in [7, 11) is 0. The maximum atomic E-state index is 12.7. The highest BCUT2D eigenvalue weighted by Crippen LogP contribution is 2.28. The Labute approximate surface area is 166 Å². The minimum absolute atomic E-state index is 0. The maximum Gasteiger partial charge on any atom is 0.241 e. The Morgan fingerprint density at radius 3 is 2.37 bits per heavy atom. The SMILES string of the molecule is CC(=O)c1ccccc1NC(=O)C(C)N1C[C@@H](N)[C@H](c2ccccc2)C1.Cl. The second kappa shape index (κ2) is 9.13. The van der Waals surface area contributed by atoms with E-state index in [0.717, 1.165) is 6.54 Å². The number of Topliss-reactive ketones (excluding diaryl/α,β-unsaturated/α-hetero) is 1. The zero-order valence-electron chi connectivity index (χ0n) is 15.6. The van der Waals surface area contributed by atoms with Crippen LogP contribution in [-0.2, 0) is 4.79 Å². The van der Waals surface area contributed by atoms with E-state index in [0.29, 0.717) is 17.8 Å². The number of nitrogens with zero attached hydrogens (tertiary/aromatic N) is 1. The van der Waals surface area contributed by atoms with Crippen molar-refractivity contribution in [3.8, 4) is 0 Å². The van der Waals surface area contributed by atoms with E-state index in [1.54, 1.807) is 18.2 Å². The summed E-state index contributed by atoms with van der Waals surface area (Å²) in [6.07, 6.45) is 0. The minimum Gasteiger partial charge on any atom is -0.326 e. The molecule has 0 bridgehead atoms. The van der Waals surface area contributed by atoms with E-state index in [1.165, 1.54) is 12.5 Å². The van der Waals surface area contributed by atoms with Crippen LogP contribution in [0.2, 0.25) is 0 Å². The lowest BCUT2D eigenvalue weighted by atomic mass is 9.95. The fourth-order valence-electron chi connectivity index (χ4n) is 3.53. The quantitative estimate of drug-likeness (QED) is 0.773. The molecule has 3 atom stereocenters. The fraction of sp³-hybridized carbons (Fsp3) is 0.333. The van der Waals surface area contributed by atoms with E-state index in [2.05, 4.69) is 22.3 Å². The van der Waals surface area contributed by atoms with Crippen LogP contribution in [0.5, 0.6) is 0 Å². The predicted molar refractivity (Wildman–Crippen MR) is 111 cm³/mol. The van der Waals surface area contributed by atoms with Gasteiger partial charge in [0, 0.05) is 30.6 Å². The Kier molecular flexibility index (Phi) is 7.13. The molecule has 3 N–H and O–H groups in total. The normalized spacial score (nSPS) is 20.6. The van der Waals surface area contributed by atoms with Crippen molar-refractivity contribution in [2.75, 3.05) is 18.4 Å². The molecule has 1 unspecified atom stereocenters. The first kappa shape index (κ1) is 21.1. The molecular formula is C21H26ClN3O2. The summed E-state index contributed by atoms with van der Waals surface area (Å²) in [5.74, 6) is 0.0245. The number of para-hydroxylation sites is 1. The number of hydrogen-bond acceptors (Lipinski definition) is 4. The van der Waals surface area contributed by atoms with Crippen molar-refractivity contribution < 1.29 is 9.59 Å². The number of halogens is 1. The molecule has 1 amide bonds. The monoisotopic (exact) mass is 387 g/mol. The van der Waals surface area contributed by atoms with Crippen LogP contribution in [-0.4, -0.2) is 41.8 Å². The number of hydrogen-bond donors (Lipinski definition) is 2. The maximum absolute atomic E-state index is 12.7. The van der Waals surface area contributed by atoms with E-state index in [-0.39, 0.29) is 42.1 Å². The Morgan fingerprint density at radius 2 is 1.70 bits per heavy atom. The Bertz CT molecular complexity index is 797. The van der Waals surface area contributed by atoms with Crippen LogP contribution in [0.15, 0.2) is 54.6 Å². The molecule has 1 heterocycles. The number of likely N-dealkylation sites (tertiary alicyclic amines) is 1. The highest BCUT2D eigenvalue weighted by Gasteiger charge is 2.35. The third kappa shape index (κ3) is 4.75. The second-order valence-electron chi connectivity index (χ2n) is 6.90. The first-order valence-corrected chi connectivity index (χ1v) is 8.92. The largest absolute Gasteiger partial charge is 0.326 e. The molecule has 1 saturated heterocycles. The third-order valence-electron chi connectivity index (χ3n) is 5.11. The summed E-state index contributed by atoms with van der Waals surface area (Å²) >= 11 is 0. The van der Waals surface area contributed by atoms with Crippen molar-refractivity contribution in [2.45, 2.75) is 31.8 Å². The predicted octanol–water partition coefficient (Wildman–Crippen LogP) is 3.06. The van der Waals surface area contributed by atoms with E-state index in [1.807, 2.05) is 31.2 Å². The van der Waals surface area contributed by atoms with Gasteiger partial charge in [0.25, 0.3) is 0 Å². The van der Waals surface area contributed by atoms with Crippen molar-refractivity contribution in [1.82, 2.24) is 4.90 Å². The van der Waals surface area contributed by atoms with Gasteiger partial charge in [0.1, 0.15) is 0 Å². The summed E-state index contributed by atoms with van der Waals surface area (Å²) in [4.78, 5) is 26.6. The van der Waals surface area contributed by atoms with Crippen LogP contribution in [0.4, 0.5) is 5.69 Å². The lowest BCUT2D eigenvalue weighted by Crippen LogP contribution is -2.42. The lowest BCUT2D eigenvalue weighted by molar-refractivity contribution is -0.120. The average Bonchev–Trinajstić information content (AvgIpc) is 3.03. The van der Waals surface area contributed by atoms with Crippen molar-refractivity contribution in [3.05, 3.63) is 65.7 Å². The number of ketones is 1. The standard InChI is InChI=1S/C21H25N3O2.ClH/c1-14(21(26)23-20-11-7-6-10-17(20)15(2)25)24-12-18(19(22)13-24)16-8-4-3-5-9-16;/h3-11,14,18-19H,12-13,22H2,1-2H3,(H,23,26);1H/t14?,18-,19+;/m0./s1. The summed E-state index contributed by atoms with van der Waals surface area (Å²) < 4.78 is 0. The van der Waals surface area contributed by atoms with Crippen molar-refractivity contribution in [1.29, 1.82) is 0 Å². The minimum atomic E-state index is -0.324. The molecule has 0 saturated carbocycles. The second-order valence-corrected chi connectivity index (χ2v) is 6.90. The Balaban J connectivity index is 0.00000261. The van der Waals surface area contributed by atoms with Crippen LogP contribution in [0.3, 0.4) is 0 Å². The summed E-state index contributed by atoms with van der Waals surface area (Å²) in [6, 6.07) is 16.9. The van der Waals surface area contributed by atoms with Gasteiger partial charge in [0.05, 0.1) is 11.7 Å². The number of rotatable bonds is 5. The summed E-state index contributed by atoms with van der Waals surface area (Å²) in [6.45, 7) is 4.79. The number of nitrogens with one attached hydrogen (secondary N) is 1. The highest BCUT2D eigenvalue weighted by atomic mass is 35.5. The summed E-state index contributed by atoms with van der Waals surface area (Å²) in [5.41, 5.74) is 8.62. The molecule has 0 radical (unpaired) electrons. The van der Waals surface area contributed by atoms with Gasteiger partial charge in [0.2, 0.25) is 5.91 Å². The average molecular weight is 388 g/mol. The van der Waals surface area contributed by atoms with Gasteiger partial charge < -0.3 is 11.1 Å². The highest BCUT2D eigenvalue weighted by molar-refractivity contribution is 6.04. The van der Waals surface area contributed by atoms with Gasteiger partial charge in [-0.2, -0.15) is 0 Å². The number of carbonyl (C=O) groups is 2. The van der Waals surface area contributed by atoms with Crippen LogP contribution < -0.4 is 11.1 Å². The van der Waals surface area contributed by atoms with Crippen molar-refractivity contribution in [3.63, 3.8) is 0 Å². The van der Waals surface area contributed by atoms with Crippen molar-refractivity contribution >= 4 is 29.8 Å². The molecule has 0 aliphatic carbocycles. The van der Waals surface area contributed by atoms with E-state index >= 15 is 0 Å². The molecule has 27 heavy (non-hydrogen) atoms. The Morgan fingerprint density at radius 1 is 1.07 bits per heavy atom. The van der Waals surface area contributed by atoms with Gasteiger partial charge in [-0.05, 0) is 31.5 Å². The molecule has 5 nitrogen and oxygen atoms in total. The first-order chi connectivity index (χ1) is 12.5. The Hall–Kier alpha value is -2.21. The van der Waals surface area contributed by atoms with E-state index in [9.17, 15) is 9.59 Å². The van der Waals surface area contributed by atoms with Crippen LogP contribution >= 0.6 is 12.4 Å². The smallest absolute Gasteiger partial charge is 0.241 e. The van der Waals surface area contributed by atoms with Gasteiger partial charge in [-0.15, -0.1) is 12.4 Å². The van der Waals surface area contributed by atoms with Crippen LogP contribution in [0, 0.1) is 0 Å². The molecule has 144 valence electrons. The molecule has 6 heteroatoms. The molecule has 1 aliphatic heterocycles. The van der Waals surface area contributed by atoms with E-state index in [4.69, 9.17) is 5.73 Å². The summed E-state index contributed by atoms with van der Waals surface area (Å²) in [5, 5.41) is 2.90. The van der Waals surface area contributed by atoms with Gasteiger partial charge in [-0.1, -0.05) is 42.5 Å². The molecule has 2 aromatic rings. The third-order valence-corrected chi connectivity index (χ3v) is 5.11. The number of anilines is 1. The zero-order chi connectivity index (χ0) is 18.7. The molecule has 3 rings (SSSR count). The van der Waals surface area contributed by atoms with Crippen LogP contribution in [0.25, 0.3) is 0 Å². The number of nitrogens with two attached hydrogens (primary N) is 1. The molecule has 0 spiro atoms. The fourth-order valence-corrected chi connectivity index (χ4v) is 3.53. The first-order valence-electron chi connectivity index (χ1n) is 8.92. The number of benzene rings is 2. The topological polar surface area (TPSA) is 75.4 Å². The molecule has 1 fully saturated rings. The molecular weight excluding hydrogens is 362 g/mol. The molecule has 0 aromatic heterocycles. The number of amides is 1. The van der Waals surface area contributed by atoms with E-state index < -0.39 is 0 Å². The van der Waals surface area contributed by atoms with Crippen LogP contribution in [0.1, 0.15) is 35.7 Å². The zero-order valence-corrected chi connectivity index (χ0v) is 16.4. The van der Waals surface area contributed by atoms with Gasteiger partial charge in [0.15, 0.2) is 5.78 Å². The van der Waals surface area contributed by atoms with Gasteiger partial charge in [-0.25, -0.2) is 0 Å².